The molecule has 0 bridgehead atoms. The summed E-state index contributed by atoms with van der Waals surface area (Å²) in [6.07, 6.45) is -0.843. The smallest absolute Gasteiger partial charge is 0.328 e. The van der Waals surface area contributed by atoms with Gasteiger partial charge < -0.3 is 47.1 Å². The van der Waals surface area contributed by atoms with Crippen LogP contribution in [0, 0.1) is 0 Å². The second-order valence-electron chi connectivity index (χ2n) is 8.47. The number of aliphatic hydroxyl groups is 2. The Labute approximate surface area is 211 Å². The fourth-order valence-corrected chi connectivity index (χ4v) is 3.54. The average Bonchev–Trinajstić information content (AvgIpc) is 3.25. The van der Waals surface area contributed by atoms with Crippen molar-refractivity contribution in [1.29, 1.82) is 0 Å². The summed E-state index contributed by atoms with van der Waals surface area (Å²) >= 11 is 0. The first-order valence-electron chi connectivity index (χ1n) is 11.4. The molecule has 1 aromatic heterocycles. The molecule has 0 saturated heterocycles. The Hall–Kier alpha value is -4.01. The van der Waals surface area contributed by atoms with Gasteiger partial charge >= 0.3 is 11.9 Å². The Morgan fingerprint density at radius 1 is 0.973 bits per heavy atom. The molecule has 10 N–H and O–H groups in total. The van der Waals surface area contributed by atoms with Crippen molar-refractivity contribution in [2.24, 2.45) is 5.73 Å². The molecule has 14 heteroatoms. The summed E-state index contributed by atoms with van der Waals surface area (Å²) in [5, 5.41) is 44.8. The fraction of sp³-hybridized carbons (Fsp3) is 0.435. The molecule has 2 aromatic rings. The third-order valence-electron chi connectivity index (χ3n) is 5.59. The van der Waals surface area contributed by atoms with Gasteiger partial charge in [-0.2, -0.15) is 0 Å². The lowest BCUT2D eigenvalue weighted by Gasteiger charge is -2.25. The lowest BCUT2D eigenvalue weighted by molar-refractivity contribution is -0.145. The van der Waals surface area contributed by atoms with Crippen molar-refractivity contribution in [3.8, 4) is 0 Å². The van der Waals surface area contributed by atoms with E-state index in [2.05, 4.69) is 20.9 Å². The highest BCUT2D eigenvalue weighted by molar-refractivity contribution is 5.95. The van der Waals surface area contributed by atoms with Gasteiger partial charge in [-0.1, -0.05) is 18.2 Å². The van der Waals surface area contributed by atoms with Crippen molar-refractivity contribution in [3.05, 3.63) is 36.0 Å². The summed E-state index contributed by atoms with van der Waals surface area (Å²) in [5.74, 6) is -5.55. The number of benzene rings is 1. The van der Waals surface area contributed by atoms with Gasteiger partial charge in [-0.25, -0.2) is 4.79 Å². The number of carboxylic acids is 2. The van der Waals surface area contributed by atoms with Gasteiger partial charge in [0.15, 0.2) is 6.04 Å². The molecule has 37 heavy (non-hydrogen) atoms. The van der Waals surface area contributed by atoms with E-state index in [1.165, 1.54) is 0 Å². The highest BCUT2D eigenvalue weighted by atomic mass is 16.4. The minimum Gasteiger partial charge on any atom is -0.481 e. The Morgan fingerprint density at radius 2 is 1.59 bits per heavy atom. The molecule has 3 amide bonds. The van der Waals surface area contributed by atoms with Gasteiger partial charge in [0, 0.05) is 29.9 Å². The number of aliphatic carboxylic acids is 2. The number of hydrogen-bond acceptors (Lipinski definition) is 8. The number of carboxylic acid groups (broad SMARTS) is 2. The second-order valence-corrected chi connectivity index (χ2v) is 8.47. The highest BCUT2D eigenvalue weighted by Gasteiger charge is 2.32. The Balaban J connectivity index is 2.31. The second kappa shape index (κ2) is 13.3. The number of aromatic amines is 1. The maximum absolute atomic E-state index is 13.2. The summed E-state index contributed by atoms with van der Waals surface area (Å²) < 4.78 is 0. The predicted molar refractivity (Wildman–Crippen MR) is 129 cm³/mol. The maximum atomic E-state index is 13.2. The van der Waals surface area contributed by atoms with Crippen LogP contribution in [0.5, 0.6) is 0 Å². The van der Waals surface area contributed by atoms with Crippen LogP contribution in [0.2, 0.25) is 0 Å². The Kier molecular flexibility index (Phi) is 10.5. The number of H-pyrrole nitrogens is 1. The van der Waals surface area contributed by atoms with Crippen LogP contribution in [0.1, 0.15) is 25.3 Å². The molecule has 202 valence electrons. The maximum Gasteiger partial charge on any atom is 0.328 e. The molecule has 0 aliphatic heterocycles. The molecule has 0 radical (unpaired) electrons. The monoisotopic (exact) mass is 521 g/mol. The van der Waals surface area contributed by atoms with Gasteiger partial charge in [0.2, 0.25) is 17.7 Å². The van der Waals surface area contributed by atoms with Gasteiger partial charge in [0.25, 0.3) is 0 Å². The molecule has 0 spiro atoms. The number of nitrogens with one attached hydrogen (secondary N) is 4. The number of carbonyl (C=O) groups is 5. The third-order valence-corrected chi connectivity index (χ3v) is 5.59. The number of para-hydroxylation sites is 1. The largest absolute Gasteiger partial charge is 0.481 e. The van der Waals surface area contributed by atoms with Crippen LogP contribution < -0.4 is 21.7 Å². The van der Waals surface area contributed by atoms with Crippen molar-refractivity contribution >= 4 is 40.6 Å². The van der Waals surface area contributed by atoms with Crippen molar-refractivity contribution in [3.63, 3.8) is 0 Å². The number of aliphatic hydroxyl groups excluding tert-OH is 2. The summed E-state index contributed by atoms with van der Waals surface area (Å²) in [6.45, 7) is 0.452. The highest BCUT2D eigenvalue weighted by Crippen LogP contribution is 2.19. The number of hydrogen-bond donors (Lipinski definition) is 9. The number of aromatic nitrogens is 1. The van der Waals surface area contributed by atoms with E-state index in [0.717, 1.165) is 17.8 Å². The molecule has 0 fully saturated rings. The molecule has 0 aliphatic carbocycles. The van der Waals surface area contributed by atoms with Crippen molar-refractivity contribution < 1.29 is 44.4 Å². The fourth-order valence-electron chi connectivity index (χ4n) is 3.54. The SMILES string of the molecule is CC(O)C(NC(=O)C(CCC(=O)O)NC(=O)C(Cc1c[nH]c2ccccc12)NC(=O)C(N)CO)C(=O)O. The van der Waals surface area contributed by atoms with E-state index in [0.29, 0.717) is 5.56 Å². The van der Waals surface area contributed by atoms with Crippen LogP contribution in [0.25, 0.3) is 10.9 Å². The zero-order valence-electron chi connectivity index (χ0n) is 20.0. The Bertz CT molecular complexity index is 1130. The van der Waals surface area contributed by atoms with Crippen molar-refractivity contribution in [2.75, 3.05) is 6.61 Å². The first-order valence-corrected chi connectivity index (χ1v) is 11.4. The molecule has 1 aromatic carbocycles. The van der Waals surface area contributed by atoms with Crippen molar-refractivity contribution in [2.45, 2.75) is 56.5 Å². The van der Waals surface area contributed by atoms with Gasteiger partial charge in [-0.3, -0.25) is 19.2 Å². The van der Waals surface area contributed by atoms with E-state index in [-0.39, 0.29) is 6.42 Å². The molecular weight excluding hydrogens is 490 g/mol. The van der Waals surface area contributed by atoms with Crippen LogP contribution in [0.4, 0.5) is 0 Å². The van der Waals surface area contributed by atoms with Gasteiger partial charge in [0.1, 0.15) is 18.1 Å². The number of rotatable bonds is 14. The molecule has 1 heterocycles. The summed E-state index contributed by atoms with van der Waals surface area (Å²) in [7, 11) is 0. The molecule has 0 saturated carbocycles. The molecular formula is C23H31N5O9. The van der Waals surface area contributed by atoms with Crippen molar-refractivity contribution in [1.82, 2.24) is 20.9 Å². The summed E-state index contributed by atoms with van der Waals surface area (Å²) in [6, 6.07) is 1.35. The first-order chi connectivity index (χ1) is 17.4. The Morgan fingerprint density at radius 3 is 2.19 bits per heavy atom. The van der Waals surface area contributed by atoms with E-state index in [9.17, 15) is 39.3 Å². The molecule has 5 atom stereocenters. The normalized spacial score (nSPS) is 15.1. The van der Waals surface area contributed by atoms with E-state index in [4.69, 9.17) is 10.8 Å². The molecule has 5 unspecified atom stereocenters. The third kappa shape index (κ3) is 8.27. The lowest BCUT2D eigenvalue weighted by Crippen LogP contribution is -2.59. The van der Waals surface area contributed by atoms with E-state index in [1.54, 1.807) is 24.4 Å². The van der Waals surface area contributed by atoms with Crippen LogP contribution in [-0.2, 0) is 30.4 Å². The molecule has 2 rings (SSSR count). The van der Waals surface area contributed by atoms with Crippen LogP contribution >= 0.6 is 0 Å². The minimum atomic E-state index is -1.71. The van der Waals surface area contributed by atoms with E-state index in [1.807, 2.05) is 6.07 Å². The zero-order chi connectivity index (χ0) is 27.7. The number of amides is 3. The predicted octanol–water partition coefficient (Wildman–Crippen LogP) is -2.19. The standard InChI is InChI=1S/C23H31N5O9/c1-11(30)19(23(36)37)28-21(34)16(6-7-18(31)32)26-22(35)17(27-20(33)14(24)10-29)8-12-9-25-15-5-3-2-4-13(12)15/h2-5,9,11,14,16-17,19,25,29-30H,6-8,10,24H2,1H3,(H,26,35)(H,27,33)(H,28,34)(H,31,32)(H,36,37). The topological polar surface area (TPSA) is 244 Å². The zero-order valence-corrected chi connectivity index (χ0v) is 20.0. The van der Waals surface area contributed by atoms with E-state index >= 15 is 0 Å². The van der Waals surface area contributed by atoms with Gasteiger partial charge in [-0.05, 0) is 25.0 Å². The number of carbonyl (C=O) groups excluding carboxylic acids is 3. The van der Waals surface area contributed by atoms with E-state index < -0.39 is 79.4 Å². The van der Waals surface area contributed by atoms with Crippen LogP contribution in [0.3, 0.4) is 0 Å². The molecule has 14 nitrogen and oxygen atoms in total. The van der Waals surface area contributed by atoms with Gasteiger partial charge in [-0.15, -0.1) is 0 Å². The number of fused-ring (bicyclic) bond motifs is 1. The minimum absolute atomic E-state index is 0.0571. The average molecular weight is 522 g/mol. The first kappa shape index (κ1) is 29.2. The summed E-state index contributed by atoms with van der Waals surface area (Å²) in [5.41, 5.74) is 6.97. The van der Waals surface area contributed by atoms with Crippen LogP contribution in [0.15, 0.2) is 30.5 Å². The quantitative estimate of drug-likeness (QED) is 0.130. The van der Waals surface area contributed by atoms with Gasteiger partial charge in [0.05, 0.1) is 12.7 Å². The number of nitrogens with two attached hydrogens (primary N) is 1. The van der Waals surface area contributed by atoms with Crippen LogP contribution in [-0.4, -0.2) is 91.9 Å². The lowest BCUT2D eigenvalue weighted by atomic mass is 10.0. The summed E-state index contributed by atoms with van der Waals surface area (Å²) in [4.78, 5) is 63.9. The molecule has 0 aliphatic rings.